The van der Waals surface area contributed by atoms with Crippen LogP contribution in [0.3, 0.4) is 0 Å². The van der Waals surface area contributed by atoms with Gasteiger partial charge in [-0.25, -0.2) is 4.98 Å². The number of carbonyl (C=O) groups is 1. The number of likely N-dealkylation sites (N-methyl/N-ethyl adjacent to an activating group) is 1. The number of halogens is 1. The molecule has 0 unspecified atom stereocenters. The summed E-state index contributed by atoms with van der Waals surface area (Å²) in [6.07, 6.45) is 1.59. The third-order valence-corrected chi connectivity index (χ3v) is 3.31. The molecule has 0 bridgehead atoms. The third-order valence-electron chi connectivity index (χ3n) is 3.08. The highest BCUT2D eigenvalue weighted by Crippen LogP contribution is 2.14. The second-order valence-corrected chi connectivity index (χ2v) is 5.00. The highest BCUT2D eigenvalue weighted by Gasteiger charge is 2.12. The van der Waals surface area contributed by atoms with E-state index in [1.165, 1.54) is 15.8 Å². The summed E-state index contributed by atoms with van der Waals surface area (Å²) in [4.78, 5) is 29.8. The van der Waals surface area contributed by atoms with E-state index in [4.69, 9.17) is 16.9 Å². The lowest BCUT2D eigenvalue weighted by molar-refractivity contribution is -0.130. The average Bonchev–Trinajstić information content (AvgIpc) is 2.47. The highest BCUT2D eigenvalue weighted by molar-refractivity contribution is 6.31. The summed E-state index contributed by atoms with van der Waals surface area (Å²) >= 11 is 5.85. The van der Waals surface area contributed by atoms with E-state index in [9.17, 15) is 9.59 Å². The molecule has 1 amide bonds. The molecule has 1 aromatic heterocycles. The van der Waals surface area contributed by atoms with Crippen molar-refractivity contribution in [3.8, 4) is 6.07 Å². The first kappa shape index (κ1) is 15.0. The Labute approximate surface area is 126 Å². The van der Waals surface area contributed by atoms with Gasteiger partial charge in [0.25, 0.3) is 5.56 Å². The van der Waals surface area contributed by atoms with Crippen LogP contribution in [0.15, 0.2) is 29.3 Å². The second kappa shape index (κ2) is 6.37. The first-order chi connectivity index (χ1) is 10.0. The van der Waals surface area contributed by atoms with Gasteiger partial charge < -0.3 is 4.90 Å². The number of nitrogens with zero attached hydrogens (tertiary/aromatic N) is 4. The number of amides is 1. The van der Waals surface area contributed by atoms with Crippen LogP contribution in [0.5, 0.6) is 0 Å². The van der Waals surface area contributed by atoms with Crippen molar-refractivity contribution in [2.45, 2.75) is 13.0 Å². The van der Waals surface area contributed by atoms with Crippen LogP contribution in [0.1, 0.15) is 6.42 Å². The molecule has 2 rings (SSSR count). The van der Waals surface area contributed by atoms with E-state index in [1.54, 1.807) is 25.2 Å². The average molecular weight is 305 g/mol. The predicted octanol–water partition coefficient (Wildman–Crippen LogP) is 1.42. The smallest absolute Gasteiger partial charge is 0.261 e. The van der Waals surface area contributed by atoms with Crippen molar-refractivity contribution in [1.29, 1.82) is 5.26 Å². The van der Waals surface area contributed by atoms with Crippen molar-refractivity contribution < 1.29 is 4.79 Å². The number of nitriles is 1. The molecule has 0 aliphatic carbocycles. The monoisotopic (exact) mass is 304 g/mol. The maximum Gasteiger partial charge on any atom is 0.261 e. The van der Waals surface area contributed by atoms with Gasteiger partial charge in [0.05, 0.1) is 29.7 Å². The van der Waals surface area contributed by atoms with E-state index in [2.05, 4.69) is 4.98 Å². The summed E-state index contributed by atoms with van der Waals surface area (Å²) < 4.78 is 1.25. The molecule has 2 aromatic rings. The molecule has 0 aliphatic heterocycles. The van der Waals surface area contributed by atoms with Crippen molar-refractivity contribution in [3.05, 3.63) is 39.9 Å². The third kappa shape index (κ3) is 3.38. The second-order valence-electron chi connectivity index (χ2n) is 4.56. The Morgan fingerprint density at radius 3 is 3.00 bits per heavy atom. The van der Waals surface area contributed by atoms with Gasteiger partial charge in [-0.2, -0.15) is 5.26 Å². The Kier molecular flexibility index (Phi) is 4.55. The van der Waals surface area contributed by atoms with E-state index >= 15 is 0 Å². The lowest BCUT2D eigenvalue weighted by Crippen LogP contribution is -2.34. The molecule has 0 atom stereocenters. The maximum absolute atomic E-state index is 12.3. The maximum atomic E-state index is 12.3. The van der Waals surface area contributed by atoms with E-state index in [0.29, 0.717) is 22.5 Å². The number of fused-ring (bicyclic) bond motifs is 1. The van der Waals surface area contributed by atoms with E-state index in [-0.39, 0.29) is 24.4 Å². The summed E-state index contributed by atoms with van der Waals surface area (Å²) in [6, 6.07) is 6.77. The van der Waals surface area contributed by atoms with Gasteiger partial charge in [0.15, 0.2) is 0 Å². The zero-order valence-corrected chi connectivity index (χ0v) is 12.2. The Morgan fingerprint density at radius 2 is 2.29 bits per heavy atom. The molecule has 0 saturated heterocycles. The lowest BCUT2D eigenvalue weighted by Gasteiger charge is -2.16. The zero-order valence-electron chi connectivity index (χ0n) is 11.4. The molecule has 0 radical (unpaired) electrons. The van der Waals surface area contributed by atoms with Crippen molar-refractivity contribution in [2.75, 3.05) is 13.6 Å². The summed E-state index contributed by atoms with van der Waals surface area (Å²) in [7, 11) is 1.60. The SMILES string of the molecule is CN(CCC#N)C(=O)Cn1cnc2cc(Cl)ccc2c1=O. The number of carbonyl (C=O) groups excluding carboxylic acids is 1. The van der Waals surface area contributed by atoms with Crippen LogP contribution < -0.4 is 5.56 Å². The van der Waals surface area contributed by atoms with E-state index in [1.807, 2.05) is 6.07 Å². The topological polar surface area (TPSA) is 79.0 Å². The normalized spacial score (nSPS) is 10.3. The highest BCUT2D eigenvalue weighted by atomic mass is 35.5. The largest absolute Gasteiger partial charge is 0.343 e. The van der Waals surface area contributed by atoms with Crippen LogP contribution in [-0.2, 0) is 11.3 Å². The van der Waals surface area contributed by atoms with Crippen molar-refractivity contribution >= 4 is 28.4 Å². The van der Waals surface area contributed by atoms with Crippen LogP contribution >= 0.6 is 11.6 Å². The van der Waals surface area contributed by atoms with Crippen LogP contribution in [0.2, 0.25) is 5.02 Å². The van der Waals surface area contributed by atoms with Crippen molar-refractivity contribution in [1.82, 2.24) is 14.5 Å². The number of hydrogen-bond donors (Lipinski definition) is 0. The molecule has 1 heterocycles. The Bertz CT molecular complexity index is 779. The van der Waals surface area contributed by atoms with Crippen LogP contribution in [0.25, 0.3) is 10.9 Å². The molecule has 108 valence electrons. The Morgan fingerprint density at radius 1 is 1.52 bits per heavy atom. The minimum absolute atomic E-state index is 0.105. The molecule has 21 heavy (non-hydrogen) atoms. The molecule has 0 spiro atoms. The number of hydrogen-bond acceptors (Lipinski definition) is 4. The van der Waals surface area contributed by atoms with E-state index < -0.39 is 0 Å². The fourth-order valence-electron chi connectivity index (χ4n) is 1.85. The minimum atomic E-state index is -0.293. The number of rotatable bonds is 4. The lowest BCUT2D eigenvalue weighted by atomic mass is 10.2. The first-order valence-corrected chi connectivity index (χ1v) is 6.66. The summed E-state index contributed by atoms with van der Waals surface area (Å²) in [5.74, 6) is -0.248. The van der Waals surface area contributed by atoms with Gasteiger partial charge in [0.2, 0.25) is 5.91 Å². The summed E-state index contributed by atoms with van der Waals surface area (Å²) in [5, 5.41) is 9.42. The van der Waals surface area contributed by atoms with Gasteiger partial charge >= 0.3 is 0 Å². The number of aromatic nitrogens is 2. The van der Waals surface area contributed by atoms with Crippen LogP contribution in [-0.4, -0.2) is 34.0 Å². The molecule has 1 aromatic carbocycles. The quantitative estimate of drug-likeness (QED) is 0.855. The molecule has 6 nitrogen and oxygen atoms in total. The van der Waals surface area contributed by atoms with Gasteiger partial charge in [-0.1, -0.05) is 11.6 Å². The van der Waals surface area contributed by atoms with Gasteiger partial charge in [-0.15, -0.1) is 0 Å². The molecule has 0 aliphatic rings. The van der Waals surface area contributed by atoms with E-state index in [0.717, 1.165) is 0 Å². The van der Waals surface area contributed by atoms with Gasteiger partial charge in [-0.05, 0) is 18.2 Å². The van der Waals surface area contributed by atoms with Crippen molar-refractivity contribution in [3.63, 3.8) is 0 Å². The Balaban J connectivity index is 2.26. The standard InChI is InChI=1S/C14H13ClN4O2/c1-18(6-2-5-16)13(20)8-19-9-17-12-7-10(15)3-4-11(12)14(19)21/h3-4,7,9H,2,6,8H2,1H3. The summed E-state index contributed by atoms with van der Waals surface area (Å²) in [6.45, 7) is 0.229. The molecule has 0 N–H and O–H groups in total. The summed E-state index contributed by atoms with van der Waals surface area (Å²) in [5.41, 5.74) is 0.202. The van der Waals surface area contributed by atoms with Crippen LogP contribution in [0.4, 0.5) is 0 Å². The molecule has 7 heteroatoms. The fourth-order valence-corrected chi connectivity index (χ4v) is 2.02. The zero-order chi connectivity index (χ0) is 15.4. The molecule has 0 saturated carbocycles. The van der Waals surface area contributed by atoms with Crippen molar-refractivity contribution in [2.24, 2.45) is 0 Å². The minimum Gasteiger partial charge on any atom is -0.343 e. The van der Waals surface area contributed by atoms with Gasteiger partial charge in [-0.3, -0.25) is 14.2 Å². The first-order valence-electron chi connectivity index (χ1n) is 6.28. The predicted molar refractivity (Wildman–Crippen MR) is 78.9 cm³/mol. The van der Waals surface area contributed by atoms with Crippen LogP contribution in [0, 0.1) is 11.3 Å². The molecular formula is C14H13ClN4O2. The van der Waals surface area contributed by atoms with Gasteiger partial charge in [0, 0.05) is 18.6 Å². The molecule has 0 fully saturated rings. The Hall–Kier alpha value is -2.39. The van der Waals surface area contributed by atoms with Gasteiger partial charge in [0.1, 0.15) is 6.54 Å². The molecular weight excluding hydrogens is 292 g/mol. The number of benzene rings is 1. The fraction of sp³-hybridized carbons (Fsp3) is 0.286.